The molecule has 0 aromatic heterocycles. The molecule has 0 heterocycles. The van der Waals surface area contributed by atoms with Crippen LogP contribution >= 0.6 is 0 Å². The Morgan fingerprint density at radius 1 is 0.534 bits per heavy atom. The van der Waals surface area contributed by atoms with Gasteiger partial charge in [0.15, 0.2) is 0 Å². The lowest BCUT2D eigenvalue weighted by atomic mass is 10.1. The van der Waals surface area contributed by atoms with Crippen LogP contribution in [0.5, 0.6) is 0 Å². The van der Waals surface area contributed by atoms with Crippen LogP contribution < -0.4 is 5.32 Å². The first kappa shape index (κ1) is 51.2. The minimum absolute atomic E-state index is 0.00287. The standard InChI is InChI=1S/C41H64F3NO13/c1-3-35(2)34-57-30-29-55-26-25-53-22-21-51-18-17-49-14-13-47-11-12-48-15-16-50-19-20-52-23-24-54-27-28-56-31-32-58-40(46)38-9-4-5-10-39(38)45-37-8-6-7-36(33-37)41(42,43)44/h4-10,33,35,45H,3,11-32,34H2,1-2H3. The first-order valence-electron chi connectivity index (χ1n) is 19.9. The number of ether oxygens (including phenoxy) is 12. The first-order chi connectivity index (χ1) is 28.3. The number of benzene rings is 2. The summed E-state index contributed by atoms with van der Waals surface area (Å²) in [7, 11) is 0. The van der Waals surface area contributed by atoms with Crippen molar-refractivity contribution in [1.29, 1.82) is 0 Å². The van der Waals surface area contributed by atoms with Crippen LogP contribution in [0.1, 0.15) is 36.2 Å². The molecule has 0 saturated heterocycles. The Morgan fingerprint density at radius 2 is 0.914 bits per heavy atom. The second-order valence-electron chi connectivity index (χ2n) is 12.6. The fraction of sp³-hybridized carbons (Fsp3) is 0.683. The molecule has 0 spiro atoms. The Kier molecular flexibility index (Phi) is 30.8. The van der Waals surface area contributed by atoms with Crippen molar-refractivity contribution >= 4 is 17.3 Å². The zero-order valence-electron chi connectivity index (χ0n) is 34.1. The van der Waals surface area contributed by atoms with Crippen LogP contribution in [0.4, 0.5) is 24.5 Å². The summed E-state index contributed by atoms with van der Waals surface area (Å²) in [6.45, 7) is 14.6. The van der Waals surface area contributed by atoms with Crippen LogP contribution in [-0.2, 0) is 63.0 Å². The highest BCUT2D eigenvalue weighted by atomic mass is 19.4. The van der Waals surface area contributed by atoms with Gasteiger partial charge in [-0.1, -0.05) is 38.5 Å². The third-order valence-corrected chi connectivity index (χ3v) is 7.90. The van der Waals surface area contributed by atoms with Crippen molar-refractivity contribution < 1.29 is 74.8 Å². The molecule has 2 rings (SSSR count). The van der Waals surface area contributed by atoms with Crippen LogP contribution in [0.3, 0.4) is 0 Å². The molecule has 0 bridgehead atoms. The van der Waals surface area contributed by atoms with Gasteiger partial charge in [-0.25, -0.2) is 4.79 Å². The van der Waals surface area contributed by atoms with Crippen LogP contribution in [0.15, 0.2) is 48.5 Å². The number of alkyl halides is 3. The minimum atomic E-state index is -4.48. The molecule has 2 aromatic carbocycles. The van der Waals surface area contributed by atoms with Crippen molar-refractivity contribution in [2.45, 2.75) is 26.4 Å². The van der Waals surface area contributed by atoms with E-state index in [2.05, 4.69) is 19.2 Å². The van der Waals surface area contributed by atoms with E-state index < -0.39 is 17.7 Å². The number of nitrogens with one attached hydrogen (secondary N) is 1. The van der Waals surface area contributed by atoms with E-state index in [1.165, 1.54) is 18.2 Å². The molecule has 332 valence electrons. The van der Waals surface area contributed by atoms with E-state index >= 15 is 0 Å². The number of carbonyl (C=O) groups excluding carboxylic acids is 1. The summed E-state index contributed by atoms with van der Waals surface area (Å²) >= 11 is 0. The SMILES string of the molecule is CCC(C)COCCOCCOCCOCCOCCOCCOCCOCCOCCOCCOCCOC(=O)c1ccccc1Nc1cccc(C(F)(F)F)c1. The Labute approximate surface area is 341 Å². The highest BCUT2D eigenvalue weighted by Crippen LogP contribution is 2.32. The Bertz CT molecular complexity index is 1280. The van der Waals surface area contributed by atoms with Gasteiger partial charge in [0.2, 0.25) is 0 Å². The summed E-state index contributed by atoms with van der Waals surface area (Å²) in [6, 6.07) is 11.1. The Morgan fingerprint density at radius 3 is 1.31 bits per heavy atom. The van der Waals surface area contributed by atoms with Crippen LogP contribution in [0, 0.1) is 5.92 Å². The Hall–Kier alpha value is -2.94. The normalized spacial score (nSPS) is 12.2. The van der Waals surface area contributed by atoms with Crippen molar-refractivity contribution in [3.63, 3.8) is 0 Å². The number of hydrogen-bond acceptors (Lipinski definition) is 14. The molecule has 1 N–H and O–H groups in total. The van der Waals surface area contributed by atoms with Crippen molar-refractivity contribution in [2.24, 2.45) is 5.92 Å². The van der Waals surface area contributed by atoms with Gasteiger partial charge in [0.1, 0.15) is 6.61 Å². The topological polar surface area (TPSA) is 140 Å². The summed E-state index contributed by atoms with van der Waals surface area (Å²) < 4.78 is 105. The molecule has 0 aliphatic carbocycles. The molecule has 0 aliphatic rings. The van der Waals surface area contributed by atoms with E-state index in [1.54, 1.807) is 18.2 Å². The number of halogens is 3. The number of hydrogen-bond donors (Lipinski definition) is 1. The zero-order chi connectivity index (χ0) is 41.8. The smallest absolute Gasteiger partial charge is 0.416 e. The van der Waals surface area contributed by atoms with E-state index in [0.717, 1.165) is 25.2 Å². The second-order valence-corrected chi connectivity index (χ2v) is 12.6. The minimum Gasteiger partial charge on any atom is -0.460 e. The van der Waals surface area contributed by atoms with Gasteiger partial charge in [-0.15, -0.1) is 0 Å². The zero-order valence-corrected chi connectivity index (χ0v) is 34.1. The lowest BCUT2D eigenvalue weighted by molar-refractivity contribution is -0.137. The van der Waals surface area contributed by atoms with Gasteiger partial charge in [0.05, 0.1) is 156 Å². The van der Waals surface area contributed by atoms with E-state index in [-0.39, 0.29) is 24.5 Å². The maximum atomic E-state index is 13.1. The van der Waals surface area contributed by atoms with Gasteiger partial charge in [0, 0.05) is 12.3 Å². The molecule has 2 aromatic rings. The summed E-state index contributed by atoms with van der Waals surface area (Å²) in [5.74, 6) is -0.0476. The van der Waals surface area contributed by atoms with E-state index in [0.29, 0.717) is 144 Å². The highest BCUT2D eigenvalue weighted by molar-refractivity contribution is 5.96. The third kappa shape index (κ3) is 27.7. The lowest BCUT2D eigenvalue weighted by Crippen LogP contribution is -2.16. The number of esters is 1. The maximum Gasteiger partial charge on any atom is 0.416 e. The van der Waals surface area contributed by atoms with Crippen LogP contribution in [0.2, 0.25) is 0 Å². The molecule has 1 atom stereocenters. The van der Waals surface area contributed by atoms with Crippen molar-refractivity contribution in [2.75, 3.05) is 157 Å². The molecule has 17 heteroatoms. The fourth-order valence-electron chi connectivity index (χ4n) is 4.57. The molecular weight excluding hydrogens is 771 g/mol. The summed E-state index contributed by atoms with van der Waals surface area (Å²) in [5, 5.41) is 2.86. The second kappa shape index (κ2) is 34.9. The largest absolute Gasteiger partial charge is 0.460 e. The molecule has 0 saturated carbocycles. The lowest BCUT2D eigenvalue weighted by Gasteiger charge is -2.13. The molecule has 14 nitrogen and oxygen atoms in total. The monoisotopic (exact) mass is 835 g/mol. The first-order valence-corrected chi connectivity index (χ1v) is 19.9. The van der Waals surface area contributed by atoms with Gasteiger partial charge < -0.3 is 62.2 Å². The average molecular weight is 836 g/mol. The van der Waals surface area contributed by atoms with Crippen LogP contribution in [-0.4, -0.2) is 158 Å². The van der Waals surface area contributed by atoms with E-state index in [1.807, 2.05) is 0 Å². The van der Waals surface area contributed by atoms with Crippen molar-refractivity contribution in [3.8, 4) is 0 Å². The van der Waals surface area contributed by atoms with E-state index in [4.69, 9.17) is 56.8 Å². The van der Waals surface area contributed by atoms with Crippen LogP contribution in [0.25, 0.3) is 0 Å². The predicted molar refractivity (Wildman–Crippen MR) is 210 cm³/mol. The van der Waals surface area contributed by atoms with Gasteiger partial charge >= 0.3 is 12.1 Å². The summed E-state index contributed by atoms with van der Waals surface area (Å²) in [6.07, 6.45) is -3.36. The van der Waals surface area contributed by atoms with Gasteiger partial charge in [-0.3, -0.25) is 0 Å². The number of anilines is 2. The molecular formula is C41H64F3NO13. The Balaban J connectivity index is 1.26. The molecule has 1 unspecified atom stereocenters. The highest BCUT2D eigenvalue weighted by Gasteiger charge is 2.30. The fourth-order valence-corrected chi connectivity index (χ4v) is 4.57. The number of carbonyl (C=O) groups is 1. The maximum absolute atomic E-state index is 13.1. The molecule has 0 fully saturated rings. The van der Waals surface area contributed by atoms with Crippen molar-refractivity contribution in [3.05, 3.63) is 59.7 Å². The number of rotatable bonds is 39. The van der Waals surface area contributed by atoms with Crippen molar-refractivity contribution in [1.82, 2.24) is 0 Å². The molecule has 58 heavy (non-hydrogen) atoms. The average Bonchev–Trinajstić information content (AvgIpc) is 3.22. The number of para-hydroxylation sites is 1. The van der Waals surface area contributed by atoms with Gasteiger partial charge in [-0.2, -0.15) is 13.2 Å². The molecule has 0 amide bonds. The third-order valence-electron chi connectivity index (χ3n) is 7.90. The molecule has 0 aliphatic heterocycles. The quantitative estimate of drug-likeness (QED) is 0.0638. The van der Waals surface area contributed by atoms with E-state index in [9.17, 15) is 18.0 Å². The summed E-state index contributed by atoms with van der Waals surface area (Å²) in [4.78, 5) is 12.6. The van der Waals surface area contributed by atoms with Gasteiger partial charge in [-0.05, 0) is 36.2 Å². The van der Waals surface area contributed by atoms with Gasteiger partial charge in [0.25, 0.3) is 0 Å². The predicted octanol–water partition coefficient (Wildman–Crippen LogP) is 5.83. The molecule has 0 radical (unpaired) electrons. The summed E-state index contributed by atoms with van der Waals surface area (Å²) in [5.41, 5.74) is -0.0925.